The van der Waals surface area contributed by atoms with E-state index in [2.05, 4.69) is 0 Å². The average Bonchev–Trinajstić information content (AvgIpc) is 2.47. The predicted molar refractivity (Wildman–Crippen MR) is 63.1 cm³/mol. The van der Waals surface area contributed by atoms with Gasteiger partial charge in [-0.3, -0.25) is 9.59 Å². The molecule has 0 radical (unpaired) electrons. The molecule has 1 fully saturated rings. The summed E-state index contributed by atoms with van der Waals surface area (Å²) in [6.07, 6.45) is 0.561. The van der Waals surface area contributed by atoms with E-state index in [0.29, 0.717) is 11.8 Å². The van der Waals surface area contributed by atoms with E-state index in [4.69, 9.17) is 4.74 Å². The fourth-order valence-corrected chi connectivity index (χ4v) is 1.86. The van der Waals surface area contributed by atoms with Crippen molar-refractivity contribution in [3.8, 4) is 0 Å². The van der Waals surface area contributed by atoms with Gasteiger partial charge in [0.15, 0.2) is 0 Å². The molecule has 0 saturated carbocycles. The van der Waals surface area contributed by atoms with Crippen molar-refractivity contribution >= 4 is 12.2 Å². The average molecular weight is 269 g/mol. The zero-order chi connectivity index (χ0) is 13.9. The van der Waals surface area contributed by atoms with Crippen molar-refractivity contribution in [3.05, 3.63) is 35.4 Å². The number of halogens is 2. The topological polar surface area (TPSA) is 46.6 Å². The zero-order valence-corrected chi connectivity index (χ0v) is 10.1. The highest BCUT2D eigenvalue weighted by molar-refractivity contribution is 5.85. The van der Waals surface area contributed by atoms with E-state index >= 15 is 0 Å². The maximum Gasteiger partial charge on any atom is 0.349 e. The van der Waals surface area contributed by atoms with Crippen molar-refractivity contribution in [2.75, 3.05) is 26.3 Å². The Morgan fingerprint density at radius 3 is 2.32 bits per heavy atom. The monoisotopic (exact) mass is 269 g/mol. The number of rotatable bonds is 3. The standard InChI is InChI=1S/C13H13F2NO3/c14-13(15,11-3-1-10(9-17)2-4-11)12(18)16-5-7-19-8-6-16/h1-4,9H,5-8H2. The number of hydrogen-bond acceptors (Lipinski definition) is 3. The van der Waals surface area contributed by atoms with Gasteiger partial charge in [-0.15, -0.1) is 0 Å². The van der Waals surface area contributed by atoms with Crippen LogP contribution in [-0.4, -0.2) is 43.4 Å². The Labute approximate surface area is 109 Å². The Bertz CT molecular complexity index is 467. The number of benzene rings is 1. The summed E-state index contributed by atoms with van der Waals surface area (Å²) in [5.41, 5.74) is -0.118. The maximum atomic E-state index is 14.0. The van der Waals surface area contributed by atoms with E-state index in [-0.39, 0.29) is 26.3 Å². The van der Waals surface area contributed by atoms with E-state index in [1.165, 1.54) is 12.1 Å². The summed E-state index contributed by atoms with van der Waals surface area (Å²) < 4.78 is 33.1. The van der Waals surface area contributed by atoms with E-state index < -0.39 is 17.4 Å². The lowest BCUT2D eigenvalue weighted by Crippen LogP contribution is -2.47. The first-order valence-electron chi connectivity index (χ1n) is 5.86. The molecule has 1 saturated heterocycles. The summed E-state index contributed by atoms with van der Waals surface area (Å²) in [4.78, 5) is 23.4. The number of carbonyl (C=O) groups excluding carboxylic acids is 2. The molecular weight excluding hydrogens is 256 g/mol. The number of morpholine rings is 1. The number of nitrogens with zero attached hydrogens (tertiary/aromatic N) is 1. The van der Waals surface area contributed by atoms with E-state index in [1.54, 1.807) is 0 Å². The van der Waals surface area contributed by atoms with Crippen LogP contribution >= 0.6 is 0 Å². The third-order valence-electron chi connectivity index (χ3n) is 2.98. The van der Waals surface area contributed by atoms with Gasteiger partial charge in [0.25, 0.3) is 5.91 Å². The molecular formula is C13H13F2NO3. The molecule has 0 bridgehead atoms. The van der Waals surface area contributed by atoms with Gasteiger partial charge in [0.1, 0.15) is 6.29 Å². The first kappa shape index (κ1) is 13.6. The molecule has 1 aliphatic rings. The van der Waals surface area contributed by atoms with Gasteiger partial charge in [0.2, 0.25) is 0 Å². The Hall–Kier alpha value is -1.82. The molecule has 1 aliphatic heterocycles. The van der Waals surface area contributed by atoms with E-state index in [1.807, 2.05) is 0 Å². The number of hydrogen-bond donors (Lipinski definition) is 0. The van der Waals surface area contributed by atoms with E-state index in [9.17, 15) is 18.4 Å². The molecule has 0 unspecified atom stereocenters. The molecule has 1 heterocycles. The van der Waals surface area contributed by atoms with Crippen LogP contribution in [0.15, 0.2) is 24.3 Å². The minimum Gasteiger partial charge on any atom is -0.378 e. The molecule has 1 amide bonds. The SMILES string of the molecule is O=Cc1ccc(C(F)(F)C(=O)N2CCOCC2)cc1. The number of amides is 1. The highest BCUT2D eigenvalue weighted by Crippen LogP contribution is 2.30. The normalized spacial score (nSPS) is 16.2. The highest BCUT2D eigenvalue weighted by Gasteiger charge is 2.44. The van der Waals surface area contributed by atoms with Gasteiger partial charge >= 0.3 is 5.92 Å². The van der Waals surface area contributed by atoms with Gasteiger partial charge in [0.05, 0.1) is 13.2 Å². The second-order valence-electron chi connectivity index (χ2n) is 4.22. The van der Waals surface area contributed by atoms with Crippen LogP contribution in [0.3, 0.4) is 0 Å². The maximum absolute atomic E-state index is 14.0. The van der Waals surface area contributed by atoms with Crippen molar-refractivity contribution in [3.63, 3.8) is 0 Å². The van der Waals surface area contributed by atoms with Crippen LogP contribution in [0.25, 0.3) is 0 Å². The van der Waals surface area contributed by atoms with Gasteiger partial charge in [-0.2, -0.15) is 8.78 Å². The largest absolute Gasteiger partial charge is 0.378 e. The molecule has 0 atom stereocenters. The number of ether oxygens (including phenoxy) is 1. The van der Waals surface area contributed by atoms with Crippen molar-refractivity contribution in [2.45, 2.75) is 5.92 Å². The quantitative estimate of drug-likeness (QED) is 0.780. The molecule has 2 rings (SSSR count). The summed E-state index contributed by atoms with van der Waals surface area (Å²) in [6, 6.07) is 4.73. The third kappa shape index (κ3) is 2.78. The fourth-order valence-electron chi connectivity index (χ4n) is 1.86. The summed E-state index contributed by atoms with van der Waals surface area (Å²) >= 11 is 0. The van der Waals surface area contributed by atoms with Crippen LogP contribution < -0.4 is 0 Å². The second kappa shape index (κ2) is 5.44. The van der Waals surface area contributed by atoms with Crippen molar-refractivity contribution in [2.24, 2.45) is 0 Å². The lowest BCUT2D eigenvalue weighted by Gasteiger charge is -2.30. The number of carbonyl (C=O) groups is 2. The van der Waals surface area contributed by atoms with Crippen LogP contribution in [0.5, 0.6) is 0 Å². The summed E-state index contributed by atoms with van der Waals surface area (Å²) in [7, 11) is 0. The Morgan fingerprint density at radius 2 is 1.79 bits per heavy atom. The van der Waals surface area contributed by atoms with Crippen molar-refractivity contribution < 1.29 is 23.1 Å². The highest BCUT2D eigenvalue weighted by atomic mass is 19.3. The lowest BCUT2D eigenvalue weighted by molar-refractivity contribution is -0.163. The van der Waals surface area contributed by atoms with E-state index in [0.717, 1.165) is 17.0 Å². The van der Waals surface area contributed by atoms with Crippen LogP contribution in [-0.2, 0) is 15.5 Å². The molecule has 0 aliphatic carbocycles. The number of aldehydes is 1. The summed E-state index contributed by atoms with van der Waals surface area (Å²) in [6.45, 7) is 0.874. The molecule has 1 aromatic rings. The Balaban J connectivity index is 2.19. The summed E-state index contributed by atoms with van der Waals surface area (Å²) in [5.74, 6) is -4.81. The minimum atomic E-state index is -3.58. The lowest BCUT2D eigenvalue weighted by atomic mass is 10.1. The van der Waals surface area contributed by atoms with Gasteiger partial charge in [-0.05, 0) is 0 Å². The van der Waals surface area contributed by atoms with Crippen LogP contribution in [0.4, 0.5) is 8.78 Å². The first-order chi connectivity index (χ1) is 9.05. The van der Waals surface area contributed by atoms with Crippen molar-refractivity contribution in [1.82, 2.24) is 4.90 Å². The number of alkyl halides is 2. The minimum absolute atomic E-state index is 0.168. The van der Waals surface area contributed by atoms with Crippen LogP contribution in [0.1, 0.15) is 15.9 Å². The third-order valence-corrected chi connectivity index (χ3v) is 2.98. The second-order valence-corrected chi connectivity index (χ2v) is 4.22. The smallest absolute Gasteiger partial charge is 0.349 e. The van der Waals surface area contributed by atoms with Gasteiger partial charge < -0.3 is 9.64 Å². The molecule has 1 aromatic carbocycles. The molecule has 4 nitrogen and oxygen atoms in total. The first-order valence-corrected chi connectivity index (χ1v) is 5.86. The van der Waals surface area contributed by atoms with Crippen LogP contribution in [0, 0.1) is 0 Å². The zero-order valence-electron chi connectivity index (χ0n) is 10.1. The van der Waals surface area contributed by atoms with Gasteiger partial charge in [-0.25, -0.2) is 0 Å². The predicted octanol–water partition coefficient (Wildman–Crippen LogP) is 1.45. The van der Waals surface area contributed by atoms with Crippen LogP contribution in [0.2, 0.25) is 0 Å². The Kier molecular flexibility index (Phi) is 3.90. The Morgan fingerprint density at radius 1 is 1.21 bits per heavy atom. The summed E-state index contributed by atoms with van der Waals surface area (Å²) in [5, 5.41) is 0. The molecule has 6 heteroatoms. The van der Waals surface area contributed by atoms with Crippen molar-refractivity contribution in [1.29, 1.82) is 0 Å². The van der Waals surface area contributed by atoms with Gasteiger partial charge in [-0.1, -0.05) is 24.3 Å². The molecule has 0 spiro atoms. The molecule has 19 heavy (non-hydrogen) atoms. The molecule has 0 aromatic heterocycles. The van der Waals surface area contributed by atoms with Gasteiger partial charge in [0, 0.05) is 24.2 Å². The fraction of sp³-hybridized carbons (Fsp3) is 0.385. The molecule has 0 N–H and O–H groups in total. The molecule has 102 valence electrons.